The summed E-state index contributed by atoms with van der Waals surface area (Å²) in [6.07, 6.45) is 3.10. The SMILES string of the molecule is NC(CCO)COCC1CCCO1. The highest BCUT2D eigenvalue weighted by atomic mass is 16.5. The maximum Gasteiger partial charge on any atom is 0.0809 e. The van der Waals surface area contributed by atoms with Crippen molar-refractivity contribution in [1.82, 2.24) is 0 Å². The molecule has 1 aliphatic heterocycles. The van der Waals surface area contributed by atoms with Gasteiger partial charge in [-0.3, -0.25) is 0 Å². The van der Waals surface area contributed by atoms with Crippen molar-refractivity contribution in [1.29, 1.82) is 0 Å². The van der Waals surface area contributed by atoms with Crippen LogP contribution in [0, 0.1) is 0 Å². The van der Waals surface area contributed by atoms with E-state index in [9.17, 15) is 0 Å². The normalized spacial score (nSPS) is 24.9. The largest absolute Gasteiger partial charge is 0.396 e. The number of hydrogen-bond donors (Lipinski definition) is 2. The van der Waals surface area contributed by atoms with Gasteiger partial charge in [-0.15, -0.1) is 0 Å². The fraction of sp³-hybridized carbons (Fsp3) is 1.00. The van der Waals surface area contributed by atoms with Crippen molar-refractivity contribution in [3.05, 3.63) is 0 Å². The molecule has 2 atom stereocenters. The molecule has 0 aromatic rings. The van der Waals surface area contributed by atoms with Crippen LogP contribution in [0.4, 0.5) is 0 Å². The molecule has 0 saturated carbocycles. The van der Waals surface area contributed by atoms with E-state index < -0.39 is 0 Å². The summed E-state index contributed by atoms with van der Waals surface area (Å²) in [7, 11) is 0. The second-order valence-electron chi connectivity index (χ2n) is 3.44. The summed E-state index contributed by atoms with van der Waals surface area (Å²) in [5, 5.41) is 8.59. The molecular weight excluding hydrogens is 170 g/mol. The summed E-state index contributed by atoms with van der Waals surface area (Å²) in [5.41, 5.74) is 5.64. The first kappa shape index (κ1) is 10.9. The van der Waals surface area contributed by atoms with Crippen LogP contribution in [0.2, 0.25) is 0 Å². The van der Waals surface area contributed by atoms with Crippen molar-refractivity contribution >= 4 is 0 Å². The van der Waals surface area contributed by atoms with E-state index in [2.05, 4.69) is 0 Å². The van der Waals surface area contributed by atoms with Crippen LogP contribution in [-0.4, -0.2) is 43.7 Å². The van der Waals surface area contributed by atoms with Crippen LogP contribution in [-0.2, 0) is 9.47 Å². The first-order valence-electron chi connectivity index (χ1n) is 4.88. The van der Waals surface area contributed by atoms with Crippen molar-refractivity contribution < 1.29 is 14.6 Å². The molecule has 3 N–H and O–H groups in total. The molecule has 13 heavy (non-hydrogen) atoms. The van der Waals surface area contributed by atoms with Gasteiger partial charge in [0.1, 0.15) is 0 Å². The van der Waals surface area contributed by atoms with Crippen LogP contribution in [0.25, 0.3) is 0 Å². The summed E-state index contributed by atoms with van der Waals surface area (Å²) in [4.78, 5) is 0. The zero-order valence-corrected chi connectivity index (χ0v) is 7.95. The Morgan fingerprint density at radius 1 is 1.62 bits per heavy atom. The highest BCUT2D eigenvalue weighted by Gasteiger charge is 2.15. The van der Waals surface area contributed by atoms with Gasteiger partial charge in [0.05, 0.1) is 19.3 Å². The second kappa shape index (κ2) is 6.32. The average Bonchev–Trinajstić information content (AvgIpc) is 2.57. The average molecular weight is 189 g/mol. The van der Waals surface area contributed by atoms with Crippen molar-refractivity contribution in [3.8, 4) is 0 Å². The summed E-state index contributed by atoms with van der Waals surface area (Å²) < 4.78 is 10.8. The second-order valence-corrected chi connectivity index (χ2v) is 3.44. The molecule has 4 nitrogen and oxygen atoms in total. The molecule has 0 aromatic carbocycles. The number of rotatable bonds is 6. The van der Waals surface area contributed by atoms with Crippen molar-refractivity contribution in [2.75, 3.05) is 26.4 Å². The third-order valence-corrected chi connectivity index (χ3v) is 2.16. The van der Waals surface area contributed by atoms with Crippen LogP contribution in [0.15, 0.2) is 0 Å². The Morgan fingerprint density at radius 2 is 2.46 bits per heavy atom. The van der Waals surface area contributed by atoms with Gasteiger partial charge < -0.3 is 20.3 Å². The van der Waals surface area contributed by atoms with Gasteiger partial charge in [0, 0.05) is 19.3 Å². The molecule has 0 bridgehead atoms. The van der Waals surface area contributed by atoms with Crippen LogP contribution in [0.3, 0.4) is 0 Å². The Bertz CT molecular complexity index is 126. The maximum atomic E-state index is 8.59. The fourth-order valence-corrected chi connectivity index (χ4v) is 1.38. The number of aliphatic hydroxyl groups is 1. The lowest BCUT2D eigenvalue weighted by molar-refractivity contribution is 0.0115. The summed E-state index contributed by atoms with van der Waals surface area (Å²) >= 11 is 0. The Hall–Kier alpha value is -0.160. The van der Waals surface area contributed by atoms with E-state index in [4.69, 9.17) is 20.3 Å². The smallest absolute Gasteiger partial charge is 0.0809 e. The molecule has 4 heteroatoms. The van der Waals surface area contributed by atoms with E-state index in [1.807, 2.05) is 0 Å². The molecule has 2 unspecified atom stereocenters. The Balaban J connectivity index is 1.93. The number of nitrogens with two attached hydrogens (primary N) is 1. The molecular formula is C9H19NO3. The minimum Gasteiger partial charge on any atom is -0.396 e. The van der Waals surface area contributed by atoms with Gasteiger partial charge in [-0.25, -0.2) is 0 Å². The quantitative estimate of drug-likeness (QED) is 0.612. The number of hydrogen-bond acceptors (Lipinski definition) is 4. The lowest BCUT2D eigenvalue weighted by Crippen LogP contribution is -2.29. The molecule has 0 aromatic heterocycles. The first-order chi connectivity index (χ1) is 6.33. The van der Waals surface area contributed by atoms with Crippen molar-refractivity contribution in [2.45, 2.75) is 31.4 Å². The van der Waals surface area contributed by atoms with Gasteiger partial charge in [-0.05, 0) is 19.3 Å². The first-order valence-corrected chi connectivity index (χ1v) is 4.88. The van der Waals surface area contributed by atoms with Gasteiger partial charge in [0.2, 0.25) is 0 Å². The van der Waals surface area contributed by atoms with Gasteiger partial charge in [0.25, 0.3) is 0 Å². The van der Waals surface area contributed by atoms with Crippen LogP contribution < -0.4 is 5.73 Å². The van der Waals surface area contributed by atoms with E-state index in [-0.39, 0.29) is 18.8 Å². The minimum absolute atomic E-state index is 0.0496. The van der Waals surface area contributed by atoms with E-state index in [1.165, 1.54) is 0 Å². The Morgan fingerprint density at radius 3 is 3.08 bits per heavy atom. The standard InChI is InChI=1S/C9H19NO3/c10-8(3-4-11)6-12-7-9-2-1-5-13-9/h8-9,11H,1-7,10H2. The number of aliphatic hydroxyl groups excluding tert-OH is 1. The highest BCUT2D eigenvalue weighted by molar-refractivity contribution is 4.65. The highest BCUT2D eigenvalue weighted by Crippen LogP contribution is 2.11. The third-order valence-electron chi connectivity index (χ3n) is 2.16. The Labute approximate surface area is 79.0 Å². The summed E-state index contributed by atoms with van der Waals surface area (Å²) in [5.74, 6) is 0. The predicted octanol–water partition coefficient (Wildman–Crippen LogP) is -0.108. The zero-order chi connectivity index (χ0) is 9.52. The third kappa shape index (κ3) is 4.57. The number of ether oxygens (including phenoxy) is 2. The molecule has 1 heterocycles. The molecule has 1 fully saturated rings. The lowest BCUT2D eigenvalue weighted by Gasteiger charge is -2.13. The molecule has 1 aliphatic rings. The maximum absolute atomic E-state index is 8.59. The topological polar surface area (TPSA) is 64.7 Å². The predicted molar refractivity (Wildman–Crippen MR) is 49.5 cm³/mol. The Kier molecular flexibility index (Phi) is 5.31. The molecule has 78 valence electrons. The minimum atomic E-state index is -0.0496. The van der Waals surface area contributed by atoms with Crippen LogP contribution in [0.5, 0.6) is 0 Å². The fourth-order valence-electron chi connectivity index (χ4n) is 1.38. The molecule has 0 spiro atoms. The van der Waals surface area contributed by atoms with E-state index in [1.54, 1.807) is 0 Å². The molecule has 1 saturated heterocycles. The van der Waals surface area contributed by atoms with E-state index in [0.717, 1.165) is 19.4 Å². The molecule has 1 rings (SSSR count). The van der Waals surface area contributed by atoms with Crippen molar-refractivity contribution in [3.63, 3.8) is 0 Å². The van der Waals surface area contributed by atoms with Crippen LogP contribution >= 0.6 is 0 Å². The zero-order valence-electron chi connectivity index (χ0n) is 7.95. The van der Waals surface area contributed by atoms with Crippen molar-refractivity contribution in [2.24, 2.45) is 5.73 Å². The van der Waals surface area contributed by atoms with Gasteiger partial charge in [-0.2, -0.15) is 0 Å². The van der Waals surface area contributed by atoms with Gasteiger partial charge >= 0.3 is 0 Å². The summed E-state index contributed by atoms with van der Waals surface area (Å²) in [6.45, 7) is 2.14. The van der Waals surface area contributed by atoms with Gasteiger partial charge in [-0.1, -0.05) is 0 Å². The van der Waals surface area contributed by atoms with Crippen LogP contribution in [0.1, 0.15) is 19.3 Å². The monoisotopic (exact) mass is 189 g/mol. The molecule has 0 radical (unpaired) electrons. The van der Waals surface area contributed by atoms with E-state index in [0.29, 0.717) is 19.6 Å². The lowest BCUT2D eigenvalue weighted by atomic mass is 10.2. The summed E-state index contributed by atoms with van der Waals surface area (Å²) in [6, 6.07) is -0.0496. The van der Waals surface area contributed by atoms with Gasteiger partial charge in [0.15, 0.2) is 0 Å². The van der Waals surface area contributed by atoms with E-state index >= 15 is 0 Å². The molecule has 0 aliphatic carbocycles. The molecule has 0 amide bonds.